The standard InChI is InChI=1S/C20H39N5O5/c1-19(2,3)29-17(26)24(14-15-28-7)9-8-22-16(21)23-10-12-25(13-11-23)18(27)30-20(4,5)6/h8-15H2,1-7H3,(H2,21,22). The van der Waals surface area contributed by atoms with E-state index >= 15 is 0 Å². The summed E-state index contributed by atoms with van der Waals surface area (Å²) in [6.45, 7) is 14.7. The summed E-state index contributed by atoms with van der Waals surface area (Å²) < 4.78 is 15.9. The largest absolute Gasteiger partial charge is 0.444 e. The molecule has 1 rings (SSSR count). The van der Waals surface area contributed by atoms with Gasteiger partial charge in [0.1, 0.15) is 11.2 Å². The maximum absolute atomic E-state index is 12.3. The first-order valence-electron chi connectivity index (χ1n) is 10.3. The molecule has 0 aromatic heterocycles. The fraction of sp³-hybridized carbons (Fsp3) is 0.850. The van der Waals surface area contributed by atoms with Gasteiger partial charge in [-0.1, -0.05) is 0 Å². The van der Waals surface area contributed by atoms with Gasteiger partial charge < -0.3 is 34.6 Å². The highest BCUT2D eigenvalue weighted by atomic mass is 16.6. The molecule has 0 radical (unpaired) electrons. The minimum absolute atomic E-state index is 0.316. The van der Waals surface area contributed by atoms with Crippen LogP contribution >= 0.6 is 0 Å². The predicted molar refractivity (Wildman–Crippen MR) is 116 cm³/mol. The number of piperazine rings is 1. The number of carbonyl (C=O) groups excluding carboxylic acids is 2. The van der Waals surface area contributed by atoms with E-state index in [0.717, 1.165) is 0 Å². The molecule has 0 saturated carbocycles. The van der Waals surface area contributed by atoms with Gasteiger partial charge in [-0.3, -0.25) is 4.99 Å². The van der Waals surface area contributed by atoms with E-state index in [9.17, 15) is 9.59 Å². The molecule has 1 aliphatic heterocycles. The summed E-state index contributed by atoms with van der Waals surface area (Å²) in [7, 11) is 1.58. The molecule has 0 aromatic rings. The number of nitrogens with zero attached hydrogens (tertiary/aromatic N) is 4. The Kier molecular flexibility index (Phi) is 9.67. The van der Waals surface area contributed by atoms with Crippen LogP contribution in [0.5, 0.6) is 0 Å². The Labute approximate surface area is 180 Å². The van der Waals surface area contributed by atoms with Crippen molar-refractivity contribution < 1.29 is 23.8 Å². The number of rotatable bonds is 6. The number of hydrogen-bond acceptors (Lipinski definition) is 6. The fourth-order valence-electron chi connectivity index (χ4n) is 2.65. The molecule has 0 bridgehead atoms. The monoisotopic (exact) mass is 429 g/mol. The molecule has 0 spiro atoms. The molecular weight excluding hydrogens is 390 g/mol. The van der Waals surface area contributed by atoms with Crippen LogP contribution in [0.15, 0.2) is 4.99 Å². The van der Waals surface area contributed by atoms with E-state index in [1.54, 1.807) is 16.9 Å². The molecular formula is C20H39N5O5. The van der Waals surface area contributed by atoms with Gasteiger partial charge in [-0.05, 0) is 41.5 Å². The van der Waals surface area contributed by atoms with E-state index < -0.39 is 17.3 Å². The van der Waals surface area contributed by atoms with Gasteiger partial charge in [0.15, 0.2) is 5.96 Å². The van der Waals surface area contributed by atoms with Gasteiger partial charge in [-0.2, -0.15) is 0 Å². The second-order valence-corrected chi connectivity index (χ2v) is 9.15. The molecule has 30 heavy (non-hydrogen) atoms. The van der Waals surface area contributed by atoms with Crippen molar-refractivity contribution in [3.05, 3.63) is 0 Å². The smallest absolute Gasteiger partial charge is 0.410 e. The molecule has 2 N–H and O–H groups in total. The normalized spacial score (nSPS) is 15.8. The van der Waals surface area contributed by atoms with Crippen LogP contribution in [0.1, 0.15) is 41.5 Å². The molecule has 1 saturated heterocycles. The molecule has 1 fully saturated rings. The zero-order valence-corrected chi connectivity index (χ0v) is 19.6. The first kappa shape index (κ1) is 25.8. The summed E-state index contributed by atoms with van der Waals surface area (Å²) in [4.78, 5) is 34.1. The summed E-state index contributed by atoms with van der Waals surface area (Å²) >= 11 is 0. The SMILES string of the molecule is COCCN(CCN=C(N)N1CCN(C(=O)OC(C)(C)C)CC1)C(=O)OC(C)(C)C. The van der Waals surface area contributed by atoms with E-state index in [4.69, 9.17) is 19.9 Å². The number of carbonyl (C=O) groups is 2. The number of methoxy groups -OCH3 is 1. The van der Waals surface area contributed by atoms with E-state index in [0.29, 0.717) is 58.4 Å². The van der Waals surface area contributed by atoms with Gasteiger partial charge in [-0.15, -0.1) is 0 Å². The van der Waals surface area contributed by atoms with Gasteiger partial charge in [0, 0.05) is 46.4 Å². The van der Waals surface area contributed by atoms with Crippen molar-refractivity contribution in [3.8, 4) is 0 Å². The lowest BCUT2D eigenvalue weighted by atomic mass is 10.2. The summed E-state index contributed by atoms with van der Waals surface area (Å²) in [5, 5.41) is 0. The molecule has 0 aromatic carbocycles. The Morgan fingerprint density at radius 2 is 1.47 bits per heavy atom. The lowest BCUT2D eigenvalue weighted by molar-refractivity contribution is 0.0185. The van der Waals surface area contributed by atoms with E-state index in [-0.39, 0.29) is 6.09 Å². The minimum Gasteiger partial charge on any atom is -0.444 e. The van der Waals surface area contributed by atoms with E-state index in [2.05, 4.69) is 4.99 Å². The Balaban J connectivity index is 2.53. The first-order chi connectivity index (χ1) is 13.8. The van der Waals surface area contributed by atoms with Crippen LogP contribution in [0.4, 0.5) is 9.59 Å². The molecule has 1 heterocycles. The molecule has 174 valence electrons. The van der Waals surface area contributed by atoms with Crippen molar-refractivity contribution in [1.82, 2.24) is 14.7 Å². The average Bonchev–Trinajstić information content (AvgIpc) is 2.61. The molecule has 0 aliphatic carbocycles. The van der Waals surface area contributed by atoms with Gasteiger partial charge >= 0.3 is 12.2 Å². The zero-order valence-electron chi connectivity index (χ0n) is 19.6. The third-order valence-corrected chi connectivity index (χ3v) is 4.12. The molecule has 2 amide bonds. The van der Waals surface area contributed by atoms with Crippen molar-refractivity contribution in [3.63, 3.8) is 0 Å². The Morgan fingerprint density at radius 3 is 1.97 bits per heavy atom. The highest BCUT2D eigenvalue weighted by Crippen LogP contribution is 2.12. The summed E-state index contributed by atoms with van der Waals surface area (Å²) in [5.74, 6) is 0.398. The maximum Gasteiger partial charge on any atom is 0.410 e. The van der Waals surface area contributed by atoms with Crippen molar-refractivity contribution in [2.45, 2.75) is 52.7 Å². The van der Waals surface area contributed by atoms with E-state index in [1.807, 2.05) is 46.4 Å². The Bertz CT molecular complexity index is 589. The van der Waals surface area contributed by atoms with Gasteiger partial charge in [0.2, 0.25) is 0 Å². The number of ether oxygens (including phenoxy) is 3. The van der Waals surface area contributed by atoms with Crippen molar-refractivity contribution in [1.29, 1.82) is 0 Å². The van der Waals surface area contributed by atoms with Crippen LogP contribution < -0.4 is 5.73 Å². The summed E-state index contributed by atoms with van der Waals surface area (Å²) in [6.07, 6.45) is -0.719. The maximum atomic E-state index is 12.3. The minimum atomic E-state index is -0.571. The lowest BCUT2D eigenvalue weighted by Gasteiger charge is -2.36. The zero-order chi connectivity index (χ0) is 22.9. The van der Waals surface area contributed by atoms with Gasteiger partial charge in [0.25, 0.3) is 0 Å². The summed E-state index contributed by atoms with van der Waals surface area (Å²) in [6, 6.07) is 0. The number of hydrogen-bond donors (Lipinski definition) is 1. The molecule has 0 unspecified atom stereocenters. The second kappa shape index (κ2) is 11.2. The van der Waals surface area contributed by atoms with E-state index in [1.165, 1.54) is 0 Å². The Hall–Kier alpha value is -2.23. The fourth-order valence-corrected chi connectivity index (χ4v) is 2.65. The molecule has 0 atom stereocenters. The average molecular weight is 430 g/mol. The number of guanidine groups is 1. The number of nitrogens with two attached hydrogens (primary N) is 1. The number of aliphatic imine (C=N–C) groups is 1. The Morgan fingerprint density at radius 1 is 0.933 bits per heavy atom. The first-order valence-corrected chi connectivity index (χ1v) is 10.3. The second-order valence-electron chi connectivity index (χ2n) is 9.15. The van der Waals surface area contributed by atoms with Crippen LogP contribution in [-0.2, 0) is 14.2 Å². The lowest BCUT2D eigenvalue weighted by Crippen LogP contribution is -2.53. The third kappa shape index (κ3) is 10.00. The van der Waals surface area contributed by atoms with Crippen LogP contribution in [0, 0.1) is 0 Å². The molecule has 1 aliphatic rings. The highest BCUT2D eigenvalue weighted by molar-refractivity contribution is 5.78. The van der Waals surface area contributed by atoms with Crippen LogP contribution in [-0.4, -0.2) is 104 Å². The third-order valence-electron chi connectivity index (χ3n) is 4.12. The highest BCUT2D eigenvalue weighted by Gasteiger charge is 2.26. The van der Waals surface area contributed by atoms with Gasteiger partial charge in [-0.25, -0.2) is 9.59 Å². The molecule has 10 nitrogen and oxygen atoms in total. The van der Waals surface area contributed by atoms with Gasteiger partial charge in [0.05, 0.1) is 13.2 Å². The van der Waals surface area contributed by atoms with Crippen LogP contribution in [0.3, 0.4) is 0 Å². The van der Waals surface area contributed by atoms with Crippen LogP contribution in [0.2, 0.25) is 0 Å². The van der Waals surface area contributed by atoms with Crippen molar-refractivity contribution >= 4 is 18.1 Å². The van der Waals surface area contributed by atoms with Crippen molar-refractivity contribution in [2.75, 3.05) is 59.5 Å². The quantitative estimate of drug-likeness (QED) is 0.506. The van der Waals surface area contributed by atoms with Crippen molar-refractivity contribution in [2.24, 2.45) is 10.7 Å². The predicted octanol–water partition coefficient (Wildman–Crippen LogP) is 1.74. The molecule has 10 heteroatoms. The number of amides is 2. The summed E-state index contributed by atoms with van der Waals surface area (Å²) in [5.41, 5.74) is 5.03. The topological polar surface area (TPSA) is 110 Å². The van der Waals surface area contributed by atoms with Crippen LogP contribution in [0.25, 0.3) is 0 Å².